The standard InChI is InChI=1S/C23H39OP/c1-4-6-8-9-10-11-12-13-14-15-16-17-19-21-23(24-25)22(3)20-18-7-5-2/h7,11-12,14-19,21-23H,4-6,8-10,13,20,25H2,1-3H3/b12-11-,15-14-,17-16+,18-7-,21-19+. The first-order valence-electron chi connectivity index (χ1n) is 9.91. The predicted octanol–water partition coefficient (Wildman–Crippen LogP) is 7.74. The molecular weight excluding hydrogens is 323 g/mol. The molecule has 0 amide bonds. The molecule has 0 aliphatic rings. The highest BCUT2D eigenvalue weighted by Crippen LogP contribution is 2.16. The lowest BCUT2D eigenvalue weighted by Gasteiger charge is -2.17. The van der Waals surface area contributed by atoms with Gasteiger partial charge in [-0.3, -0.25) is 0 Å². The smallest absolute Gasteiger partial charge is 0.0823 e. The largest absolute Gasteiger partial charge is 0.358 e. The van der Waals surface area contributed by atoms with Crippen LogP contribution in [0.1, 0.15) is 72.1 Å². The van der Waals surface area contributed by atoms with E-state index in [4.69, 9.17) is 4.52 Å². The Kier molecular flexibility index (Phi) is 18.7. The normalized spacial score (nSPS) is 15.5. The van der Waals surface area contributed by atoms with E-state index in [1.807, 2.05) is 0 Å². The Morgan fingerprint density at radius 1 is 0.840 bits per heavy atom. The molecule has 0 N–H and O–H groups in total. The van der Waals surface area contributed by atoms with Gasteiger partial charge in [-0.15, -0.1) is 0 Å². The van der Waals surface area contributed by atoms with Crippen LogP contribution in [0.4, 0.5) is 0 Å². The third-order valence-electron chi connectivity index (χ3n) is 4.06. The van der Waals surface area contributed by atoms with Gasteiger partial charge in [0, 0.05) is 9.47 Å². The van der Waals surface area contributed by atoms with E-state index in [9.17, 15) is 0 Å². The molecule has 0 bridgehead atoms. The van der Waals surface area contributed by atoms with Gasteiger partial charge in [-0.1, -0.05) is 101 Å². The first-order chi connectivity index (χ1) is 12.3. The van der Waals surface area contributed by atoms with Crippen molar-refractivity contribution in [1.29, 1.82) is 0 Å². The Morgan fingerprint density at radius 3 is 2.36 bits per heavy atom. The minimum atomic E-state index is 0.135. The maximum Gasteiger partial charge on any atom is 0.0823 e. The molecule has 0 spiro atoms. The van der Waals surface area contributed by atoms with Gasteiger partial charge in [0.15, 0.2) is 0 Å². The molecule has 142 valence electrons. The zero-order valence-electron chi connectivity index (χ0n) is 16.6. The molecule has 1 nitrogen and oxygen atoms in total. The zero-order chi connectivity index (χ0) is 18.6. The van der Waals surface area contributed by atoms with E-state index in [-0.39, 0.29) is 6.10 Å². The van der Waals surface area contributed by atoms with Crippen molar-refractivity contribution in [2.75, 3.05) is 0 Å². The average Bonchev–Trinajstić information content (AvgIpc) is 2.62. The Balaban J connectivity index is 3.94. The first-order valence-corrected chi connectivity index (χ1v) is 10.4. The van der Waals surface area contributed by atoms with E-state index in [1.54, 1.807) is 0 Å². The van der Waals surface area contributed by atoms with Crippen molar-refractivity contribution in [1.82, 2.24) is 0 Å². The van der Waals surface area contributed by atoms with Gasteiger partial charge >= 0.3 is 0 Å². The van der Waals surface area contributed by atoms with Gasteiger partial charge < -0.3 is 4.52 Å². The van der Waals surface area contributed by atoms with Crippen LogP contribution in [0.2, 0.25) is 0 Å². The van der Waals surface area contributed by atoms with Crippen molar-refractivity contribution in [3.63, 3.8) is 0 Å². The van der Waals surface area contributed by atoms with Gasteiger partial charge in [0.1, 0.15) is 0 Å². The van der Waals surface area contributed by atoms with Gasteiger partial charge in [0.2, 0.25) is 0 Å². The second-order valence-electron chi connectivity index (χ2n) is 6.45. The van der Waals surface area contributed by atoms with Crippen molar-refractivity contribution < 1.29 is 4.52 Å². The minimum absolute atomic E-state index is 0.135. The summed E-state index contributed by atoms with van der Waals surface area (Å²) in [4.78, 5) is 0. The van der Waals surface area contributed by atoms with Crippen LogP contribution in [-0.4, -0.2) is 6.10 Å². The number of hydrogen-bond donors (Lipinski definition) is 0. The topological polar surface area (TPSA) is 9.23 Å². The van der Waals surface area contributed by atoms with Crippen LogP contribution >= 0.6 is 9.47 Å². The van der Waals surface area contributed by atoms with Gasteiger partial charge in [0.25, 0.3) is 0 Å². The molecule has 0 aliphatic carbocycles. The molecule has 0 heterocycles. The van der Waals surface area contributed by atoms with E-state index in [2.05, 4.69) is 91.0 Å². The van der Waals surface area contributed by atoms with Gasteiger partial charge in [0.05, 0.1) is 6.10 Å². The number of unbranched alkanes of at least 4 members (excludes halogenated alkanes) is 4. The van der Waals surface area contributed by atoms with Crippen molar-refractivity contribution >= 4 is 9.47 Å². The second-order valence-corrected chi connectivity index (χ2v) is 6.72. The summed E-state index contributed by atoms with van der Waals surface area (Å²) in [6, 6.07) is 0. The fourth-order valence-electron chi connectivity index (χ4n) is 2.42. The summed E-state index contributed by atoms with van der Waals surface area (Å²) in [6.45, 7) is 6.63. The van der Waals surface area contributed by atoms with E-state index >= 15 is 0 Å². The molecule has 0 saturated heterocycles. The Morgan fingerprint density at radius 2 is 1.64 bits per heavy atom. The molecule has 3 atom stereocenters. The number of rotatable bonds is 15. The van der Waals surface area contributed by atoms with E-state index in [0.29, 0.717) is 5.92 Å². The lowest BCUT2D eigenvalue weighted by Crippen LogP contribution is -2.14. The molecule has 0 rings (SSSR count). The average molecular weight is 363 g/mol. The molecule has 3 unspecified atom stereocenters. The molecular formula is C23H39OP. The second kappa shape index (κ2) is 19.4. The van der Waals surface area contributed by atoms with Crippen molar-refractivity contribution in [3.05, 3.63) is 60.8 Å². The highest BCUT2D eigenvalue weighted by Gasteiger charge is 2.11. The van der Waals surface area contributed by atoms with Crippen molar-refractivity contribution in [2.24, 2.45) is 5.92 Å². The minimum Gasteiger partial charge on any atom is -0.358 e. The Labute approximate surface area is 159 Å². The van der Waals surface area contributed by atoms with E-state index in [1.165, 1.54) is 32.1 Å². The molecule has 0 aromatic carbocycles. The summed E-state index contributed by atoms with van der Waals surface area (Å²) in [5.74, 6) is 0.475. The number of allylic oxidation sites excluding steroid dienone is 9. The van der Waals surface area contributed by atoms with Crippen LogP contribution < -0.4 is 0 Å². The monoisotopic (exact) mass is 362 g/mol. The van der Waals surface area contributed by atoms with Crippen LogP contribution in [0.5, 0.6) is 0 Å². The molecule has 0 aromatic rings. The molecule has 2 heteroatoms. The van der Waals surface area contributed by atoms with E-state index < -0.39 is 0 Å². The quantitative estimate of drug-likeness (QED) is 0.125. The van der Waals surface area contributed by atoms with E-state index in [0.717, 1.165) is 19.3 Å². The Hall–Kier alpha value is -0.910. The fraction of sp³-hybridized carbons (Fsp3) is 0.565. The van der Waals surface area contributed by atoms with Crippen LogP contribution in [0.15, 0.2) is 60.8 Å². The lowest BCUT2D eigenvalue weighted by atomic mass is 10.00. The highest BCUT2D eigenvalue weighted by atomic mass is 31.0. The fourth-order valence-corrected chi connectivity index (χ4v) is 2.78. The van der Waals surface area contributed by atoms with Crippen LogP contribution in [0.3, 0.4) is 0 Å². The molecule has 0 aliphatic heterocycles. The molecule has 0 aromatic heterocycles. The van der Waals surface area contributed by atoms with Crippen molar-refractivity contribution in [3.8, 4) is 0 Å². The zero-order valence-corrected chi connectivity index (χ0v) is 17.7. The highest BCUT2D eigenvalue weighted by molar-refractivity contribution is 7.09. The third-order valence-corrected chi connectivity index (χ3v) is 4.38. The van der Waals surface area contributed by atoms with Crippen molar-refractivity contribution in [2.45, 2.75) is 78.2 Å². The maximum atomic E-state index is 5.48. The summed E-state index contributed by atoms with van der Waals surface area (Å²) in [6.07, 6.45) is 31.5. The lowest BCUT2D eigenvalue weighted by molar-refractivity contribution is 0.222. The third kappa shape index (κ3) is 16.3. The first kappa shape index (κ1) is 24.1. The van der Waals surface area contributed by atoms with Crippen LogP contribution in [0, 0.1) is 5.92 Å². The van der Waals surface area contributed by atoms with Crippen LogP contribution in [0.25, 0.3) is 0 Å². The Bertz CT molecular complexity index is 418. The summed E-state index contributed by atoms with van der Waals surface area (Å²) >= 11 is 0. The van der Waals surface area contributed by atoms with Gasteiger partial charge in [-0.25, -0.2) is 0 Å². The molecule has 25 heavy (non-hydrogen) atoms. The summed E-state index contributed by atoms with van der Waals surface area (Å²) in [5, 5.41) is 0. The summed E-state index contributed by atoms with van der Waals surface area (Å²) in [5.41, 5.74) is 0. The summed E-state index contributed by atoms with van der Waals surface area (Å²) < 4.78 is 5.48. The maximum absolute atomic E-state index is 5.48. The SMILES string of the molecule is CC/C=C\CC(C)C(/C=C/C=C/C=C\C/C=C\CCCCCC)OP. The number of hydrogen-bond acceptors (Lipinski definition) is 1. The van der Waals surface area contributed by atoms with Gasteiger partial charge in [-0.05, 0) is 38.0 Å². The molecule has 0 fully saturated rings. The summed E-state index contributed by atoms with van der Waals surface area (Å²) in [7, 11) is 2.39. The molecule has 0 saturated carbocycles. The predicted molar refractivity (Wildman–Crippen MR) is 118 cm³/mol. The van der Waals surface area contributed by atoms with Gasteiger partial charge in [-0.2, -0.15) is 0 Å². The molecule has 0 radical (unpaired) electrons. The van der Waals surface area contributed by atoms with Crippen LogP contribution in [-0.2, 0) is 4.52 Å².